The van der Waals surface area contributed by atoms with E-state index in [0.29, 0.717) is 10.7 Å². The lowest BCUT2D eigenvalue weighted by atomic mass is 9.86. The van der Waals surface area contributed by atoms with Gasteiger partial charge in [-0.05, 0) is 25.3 Å². The van der Waals surface area contributed by atoms with E-state index in [1.165, 1.54) is 0 Å². The van der Waals surface area contributed by atoms with E-state index in [-0.39, 0.29) is 5.54 Å². The molecule has 130 valence electrons. The molecule has 0 saturated carbocycles. The molecule has 0 radical (unpaired) electrons. The van der Waals surface area contributed by atoms with Crippen LogP contribution in [0.1, 0.15) is 26.2 Å². The number of benzene rings is 1. The van der Waals surface area contributed by atoms with Crippen LogP contribution in [-0.2, 0) is 0 Å². The Balaban J connectivity index is 1.64. The first-order valence-corrected chi connectivity index (χ1v) is 8.97. The number of nitrogens with zero attached hydrogens (tertiary/aromatic N) is 4. The molecule has 0 aliphatic carbocycles. The molecule has 1 fully saturated rings. The normalized spacial score (nSPS) is 17.2. The monoisotopic (exact) mass is 356 g/mol. The van der Waals surface area contributed by atoms with Crippen LogP contribution in [0, 0.1) is 0 Å². The molecule has 7 heteroatoms. The zero-order valence-corrected chi connectivity index (χ0v) is 14.9. The lowest BCUT2D eigenvalue weighted by molar-refractivity contribution is 0.322. The zero-order chi connectivity index (χ0) is 17.4. The molecule has 2 aromatic heterocycles. The summed E-state index contributed by atoms with van der Waals surface area (Å²) in [6.07, 6.45) is 4.75. The number of anilines is 1. The number of halogens is 1. The Bertz CT molecular complexity index is 897. The highest BCUT2D eigenvalue weighted by Crippen LogP contribution is 2.31. The summed E-state index contributed by atoms with van der Waals surface area (Å²) in [4.78, 5) is 11.5. The van der Waals surface area contributed by atoms with Gasteiger partial charge in [0.25, 0.3) is 0 Å². The van der Waals surface area contributed by atoms with Crippen molar-refractivity contribution in [1.82, 2.24) is 20.2 Å². The molecule has 0 unspecified atom stereocenters. The summed E-state index contributed by atoms with van der Waals surface area (Å²) in [7, 11) is 0. The van der Waals surface area contributed by atoms with Gasteiger partial charge in [0.15, 0.2) is 0 Å². The number of piperidine rings is 1. The van der Waals surface area contributed by atoms with Crippen LogP contribution in [-0.4, -0.2) is 38.8 Å². The standard InChI is InChI=1S/C18H21ClN6/c1-2-18(20)7-9-25(10-8-18)14-11-21-16-15(23-24-17(16)22-14)12-5-3-4-6-13(12)19/h3-6,11H,2,7-10,20H2,1H3,(H,22,23,24). The summed E-state index contributed by atoms with van der Waals surface area (Å²) in [5.74, 6) is 0.850. The minimum Gasteiger partial charge on any atom is -0.355 e. The Morgan fingerprint density at radius 2 is 2.04 bits per heavy atom. The van der Waals surface area contributed by atoms with E-state index in [1.54, 1.807) is 0 Å². The Morgan fingerprint density at radius 1 is 1.28 bits per heavy atom. The van der Waals surface area contributed by atoms with Crippen LogP contribution < -0.4 is 10.6 Å². The van der Waals surface area contributed by atoms with E-state index >= 15 is 0 Å². The van der Waals surface area contributed by atoms with Crippen LogP contribution >= 0.6 is 11.6 Å². The molecule has 1 aromatic carbocycles. The quantitative estimate of drug-likeness (QED) is 0.751. The Morgan fingerprint density at radius 3 is 2.76 bits per heavy atom. The van der Waals surface area contributed by atoms with E-state index in [9.17, 15) is 0 Å². The van der Waals surface area contributed by atoms with Crippen molar-refractivity contribution < 1.29 is 0 Å². The van der Waals surface area contributed by atoms with Gasteiger partial charge in [-0.25, -0.2) is 9.97 Å². The molecule has 0 atom stereocenters. The molecule has 0 bridgehead atoms. The number of rotatable bonds is 3. The third-order valence-corrected chi connectivity index (χ3v) is 5.51. The van der Waals surface area contributed by atoms with Crippen molar-refractivity contribution in [2.75, 3.05) is 18.0 Å². The molecule has 3 aromatic rings. The van der Waals surface area contributed by atoms with Gasteiger partial charge in [-0.1, -0.05) is 36.7 Å². The molecular weight excluding hydrogens is 336 g/mol. The third kappa shape index (κ3) is 2.96. The number of H-pyrrole nitrogens is 1. The van der Waals surface area contributed by atoms with Gasteiger partial charge in [-0.2, -0.15) is 5.10 Å². The summed E-state index contributed by atoms with van der Waals surface area (Å²) >= 11 is 6.29. The first-order valence-electron chi connectivity index (χ1n) is 8.59. The van der Waals surface area contributed by atoms with Crippen molar-refractivity contribution in [3.05, 3.63) is 35.5 Å². The van der Waals surface area contributed by atoms with E-state index < -0.39 is 0 Å². The van der Waals surface area contributed by atoms with Crippen LogP contribution in [0.5, 0.6) is 0 Å². The number of aromatic nitrogens is 4. The second kappa shape index (κ2) is 6.28. The molecule has 3 N–H and O–H groups in total. The van der Waals surface area contributed by atoms with E-state index in [1.807, 2.05) is 30.5 Å². The molecule has 3 heterocycles. The molecule has 1 saturated heterocycles. The molecule has 0 spiro atoms. The minimum absolute atomic E-state index is 0.0441. The van der Waals surface area contributed by atoms with Crippen molar-refractivity contribution >= 4 is 28.6 Å². The smallest absolute Gasteiger partial charge is 0.202 e. The van der Waals surface area contributed by atoms with Crippen molar-refractivity contribution in [3.63, 3.8) is 0 Å². The zero-order valence-electron chi connectivity index (χ0n) is 14.2. The average molecular weight is 357 g/mol. The first kappa shape index (κ1) is 16.3. The number of hydrogen-bond donors (Lipinski definition) is 2. The lowest BCUT2D eigenvalue weighted by Crippen LogP contribution is -2.50. The Labute approximate surface area is 151 Å². The summed E-state index contributed by atoms with van der Waals surface area (Å²) < 4.78 is 0. The maximum Gasteiger partial charge on any atom is 0.202 e. The predicted octanol–water partition coefficient (Wildman–Crippen LogP) is 3.38. The Hall–Kier alpha value is -2.18. The van der Waals surface area contributed by atoms with Gasteiger partial charge in [0.05, 0.1) is 16.9 Å². The van der Waals surface area contributed by atoms with Crippen LogP contribution in [0.3, 0.4) is 0 Å². The molecule has 4 rings (SSSR count). The van der Waals surface area contributed by atoms with E-state index in [4.69, 9.17) is 17.3 Å². The highest BCUT2D eigenvalue weighted by Gasteiger charge is 2.29. The molecular formula is C18H21ClN6. The predicted molar refractivity (Wildman–Crippen MR) is 101 cm³/mol. The van der Waals surface area contributed by atoms with Gasteiger partial charge in [0.1, 0.15) is 11.3 Å². The fourth-order valence-electron chi connectivity index (χ4n) is 3.33. The molecule has 25 heavy (non-hydrogen) atoms. The van der Waals surface area contributed by atoms with E-state index in [2.05, 4.69) is 32.0 Å². The van der Waals surface area contributed by atoms with Crippen LogP contribution in [0.4, 0.5) is 5.82 Å². The van der Waals surface area contributed by atoms with Crippen LogP contribution in [0.2, 0.25) is 5.02 Å². The first-order chi connectivity index (χ1) is 12.1. The number of fused-ring (bicyclic) bond motifs is 1. The molecule has 1 aliphatic heterocycles. The van der Waals surface area contributed by atoms with Crippen molar-refractivity contribution in [2.45, 2.75) is 31.7 Å². The number of nitrogens with one attached hydrogen (secondary N) is 1. The second-order valence-electron chi connectivity index (χ2n) is 6.68. The maximum absolute atomic E-state index is 6.38. The Kier molecular flexibility index (Phi) is 4.09. The van der Waals surface area contributed by atoms with E-state index in [0.717, 1.165) is 54.9 Å². The highest BCUT2D eigenvalue weighted by molar-refractivity contribution is 6.33. The van der Waals surface area contributed by atoms with Crippen LogP contribution in [0.25, 0.3) is 22.4 Å². The van der Waals surface area contributed by atoms with Crippen LogP contribution in [0.15, 0.2) is 30.5 Å². The maximum atomic E-state index is 6.38. The SMILES string of the molecule is CCC1(N)CCN(c2cnc3c(-c4ccccc4Cl)[nH]nc3n2)CC1. The summed E-state index contributed by atoms with van der Waals surface area (Å²) in [5.41, 5.74) is 9.34. The van der Waals surface area contributed by atoms with Gasteiger partial charge in [-0.3, -0.25) is 5.10 Å². The largest absolute Gasteiger partial charge is 0.355 e. The number of nitrogens with two attached hydrogens (primary N) is 1. The minimum atomic E-state index is -0.0441. The van der Waals surface area contributed by atoms with Gasteiger partial charge < -0.3 is 10.6 Å². The summed E-state index contributed by atoms with van der Waals surface area (Å²) in [6.45, 7) is 3.94. The van der Waals surface area contributed by atoms with Crippen molar-refractivity contribution in [1.29, 1.82) is 0 Å². The van der Waals surface area contributed by atoms with Gasteiger partial charge in [-0.15, -0.1) is 0 Å². The van der Waals surface area contributed by atoms with Crippen molar-refractivity contribution in [2.24, 2.45) is 5.73 Å². The average Bonchev–Trinajstić information content (AvgIpc) is 3.06. The fraction of sp³-hybridized carbons (Fsp3) is 0.389. The third-order valence-electron chi connectivity index (χ3n) is 5.18. The lowest BCUT2D eigenvalue weighted by Gasteiger charge is -2.39. The number of hydrogen-bond acceptors (Lipinski definition) is 5. The highest BCUT2D eigenvalue weighted by atomic mass is 35.5. The summed E-state index contributed by atoms with van der Waals surface area (Å²) in [5, 5.41) is 8.01. The van der Waals surface area contributed by atoms with Gasteiger partial charge >= 0.3 is 0 Å². The van der Waals surface area contributed by atoms with Crippen molar-refractivity contribution in [3.8, 4) is 11.3 Å². The second-order valence-corrected chi connectivity index (χ2v) is 7.09. The van der Waals surface area contributed by atoms with Gasteiger partial charge in [0.2, 0.25) is 5.65 Å². The fourth-order valence-corrected chi connectivity index (χ4v) is 3.56. The molecule has 6 nitrogen and oxygen atoms in total. The molecule has 0 amide bonds. The number of aromatic amines is 1. The topological polar surface area (TPSA) is 83.7 Å². The molecule has 1 aliphatic rings. The summed E-state index contributed by atoms with van der Waals surface area (Å²) in [6, 6.07) is 7.64. The van der Waals surface area contributed by atoms with Gasteiger partial charge in [0, 0.05) is 24.2 Å².